The first-order valence-corrected chi connectivity index (χ1v) is 20.6. The molecular weight excluding hydrogens is 725 g/mol. The zero-order valence-electron chi connectivity index (χ0n) is 33.0. The zero-order chi connectivity index (χ0) is 39.8. The van der Waals surface area contributed by atoms with E-state index in [4.69, 9.17) is 0 Å². The fourth-order valence-electron chi connectivity index (χ4n) is 8.92. The Kier molecular flexibility index (Phi) is 8.87. The van der Waals surface area contributed by atoms with Crippen molar-refractivity contribution in [3.8, 4) is 50.2 Å². The topological polar surface area (TPSA) is 8.17 Å². The summed E-state index contributed by atoms with van der Waals surface area (Å²) in [6.45, 7) is 0. The second kappa shape index (κ2) is 15.1. The number of anilines is 3. The van der Waals surface area contributed by atoms with E-state index in [1.54, 1.807) is 0 Å². The van der Waals surface area contributed by atoms with Crippen LogP contribution in [0.1, 0.15) is 0 Å². The lowest BCUT2D eigenvalue weighted by Crippen LogP contribution is -2.10. The molecule has 2 nitrogen and oxygen atoms in total. The first-order valence-electron chi connectivity index (χ1n) is 20.6. The molecule has 0 fully saturated rings. The fraction of sp³-hybridized carbons (Fsp3) is 0. The molecule has 0 spiro atoms. The number of aromatic nitrogens is 1. The summed E-state index contributed by atoms with van der Waals surface area (Å²) in [6.07, 6.45) is 0. The van der Waals surface area contributed by atoms with Crippen LogP contribution in [0, 0.1) is 0 Å². The summed E-state index contributed by atoms with van der Waals surface area (Å²) in [6, 6.07) is 87.7. The van der Waals surface area contributed by atoms with Crippen molar-refractivity contribution in [1.29, 1.82) is 0 Å². The monoisotopic (exact) mass is 764 g/mol. The highest BCUT2D eigenvalue weighted by molar-refractivity contribution is 6.21. The summed E-state index contributed by atoms with van der Waals surface area (Å²) in [4.78, 5) is 2.35. The molecule has 11 rings (SSSR count). The predicted octanol–water partition coefficient (Wildman–Crippen LogP) is 16.1. The standard InChI is InChI=1S/C58H40N2/c1-3-14-41(15-4-1)43-26-33-48(34-27-43)59(51-20-13-19-47(40-51)42-16-5-2-6-17-42)49-35-28-45(29-36-49)52-21-9-10-22-53(52)46-30-37-50(38-31-46)60-56-25-12-11-24-55(56)58-54-23-8-7-18-44(54)32-39-57(58)60/h1-40H. The molecule has 1 heterocycles. The second-order valence-corrected chi connectivity index (χ2v) is 15.3. The third-order valence-corrected chi connectivity index (χ3v) is 11.8. The molecule has 2 heteroatoms. The maximum Gasteiger partial charge on any atom is 0.0547 e. The molecule has 0 unspecified atom stereocenters. The zero-order valence-corrected chi connectivity index (χ0v) is 33.0. The average molecular weight is 765 g/mol. The highest BCUT2D eigenvalue weighted by Gasteiger charge is 2.17. The van der Waals surface area contributed by atoms with Crippen molar-refractivity contribution in [1.82, 2.24) is 4.57 Å². The van der Waals surface area contributed by atoms with Crippen LogP contribution in [0.25, 0.3) is 82.8 Å². The molecule has 0 saturated carbocycles. The van der Waals surface area contributed by atoms with Crippen LogP contribution in [-0.4, -0.2) is 4.57 Å². The van der Waals surface area contributed by atoms with Gasteiger partial charge in [0.15, 0.2) is 0 Å². The van der Waals surface area contributed by atoms with E-state index in [0.29, 0.717) is 0 Å². The van der Waals surface area contributed by atoms with Crippen LogP contribution in [0.4, 0.5) is 17.1 Å². The van der Waals surface area contributed by atoms with Gasteiger partial charge in [-0.05, 0) is 116 Å². The molecule has 60 heavy (non-hydrogen) atoms. The van der Waals surface area contributed by atoms with Gasteiger partial charge in [0.25, 0.3) is 0 Å². The number of benzene rings is 10. The van der Waals surface area contributed by atoms with E-state index in [9.17, 15) is 0 Å². The van der Waals surface area contributed by atoms with Crippen LogP contribution in [0.3, 0.4) is 0 Å². The van der Waals surface area contributed by atoms with Gasteiger partial charge in [-0.25, -0.2) is 0 Å². The van der Waals surface area contributed by atoms with Crippen LogP contribution in [0.5, 0.6) is 0 Å². The second-order valence-electron chi connectivity index (χ2n) is 15.3. The van der Waals surface area contributed by atoms with Gasteiger partial charge in [-0.15, -0.1) is 0 Å². The van der Waals surface area contributed by atoms with Crippen molar-refractivity contribution < 1.29 is 0 Å². The number of fused-ring (bicyclic) bond motifs is 5. The molecule has 11 aromatic rings. The lowest BCUT2D eigenvalue weighted by molar-refractivity contribution is 1.18. The van der Waals surface area contributed by atoms with Crippen molar-refractivity contribution in [2.45, 2.75) is 0 Å². The molecular formula is C58H40N2. The van der Waals surface area contributed by atoms with Crippen LogP contribution >= 0.6 is 0 Å². The third kappa shape index (κ3) is 6.32. The van der Waals surface area contributed by atoms with Crippen molar-refractivity contribution in [3.63, 3.8) is 0 Å². The van der Waals surface area contributed by atoms with Crippen LogP contribution in [0.15, 0.2) is 243 Å². The first kappa shape index (κ1) is 35.2. The van der Waals surface area contributed by atoms with Crippen LogP contribution in [0.2, 0.25) is 0 Å². The van der Waals surface area contributed by atoms with Gasteiger partial charge in [-0.2, -0.15) is 0 Å². The summed E-state index contributed by atoms with van der Waals surface area (Å²) in [7, 11) is 0. The van der Waals surface area contributed by atoms with Crippen LogP contribution in [-0.2, 0) is 0 Å². The molecule has 0 aliphatic rings. The van der Waals surface area contributed by atoms with Gasteiger partial charge in [0, 0.05) is 33.5 Å². The Morgan fingerprint density at radius 1 is 0.283 bits per heavy atom. The minimum atomic E-state index is 1.09. The summed E-state index contributed by atoms with van der Waals surface area (Å²) < 4.78 is 2.40. The lowest BCUT2D eigenvalue weighted by atomic mass is 9.94. The average Bonchev–Trinajstić information content (AvgIpc) is 3.68. The fourth-order valence-corrected chi connectivity index (χ4v) is 8.92. The Labute approximate surface area is 350 Å². The molecule has 282 valence electrons. The van der Waals surface area contributed by atoms with Crippen molar-refractivity contribution >= 4 is 49.6 Å². The van der Waals surface area contributed by atoms with E-state index in [0.717, 1.165) is 22.7 Å². The van der Waals surface area contributed by atoms with Crippen molar-refractivity contribution in [2.75, 3.05) is 4.90 Å². The van der Waals surface area contributed by atoms with Crippen molar-refractivity contribution in [3.05, 3.63) is 243 Å². The molecule has 0 N–H and O–H groups in total. The Balaban J connectivity index is 0.955. The molecule has 0 radical (unpaired) electrons. The number of rotatable bonds is 8. The highest BCUT2D eigenvalue weighted by atomic mass is 15.1. The molecule has 1 aromatic heterocycles. The van der Waals surface area contributed by atoms with Gasteiger partial charge in [-0.1, -0.05) is 182 Å². The van der Waals surface area contributed by atoms with E-state index in [1.807, 2.05) is 0 Å². The highest BCUT2D eigenvalue weighted by Crippen LogP contribution is 2.41. The van der Waals surface area contributed by atoms with Gasteiger partial charge in [0.1, 0.15) is 0 Å². The Hall–Kier alpha value is -7.94. The molecule has 0 amide bonds. The maximum atomic E-state index is 2.40. The van der Waals surface area contributed by atoms with E-state index in [-0.39, 0.29) is 0 Å². The van der Waals surface area contributed by atoms with E-state index < -0.39 is 0 Å². The Bertz CT molecular complexity index is 3270. The lowest BCUT2D eigenvalue weighted by Gasteiger charge is -2.26. The molecule has 0 aliphatic heterocycles. The van der Waals surface area contributed by atoms with Gasteiger partial charge in [0.2, 0.25) is 0 Å². The van der Waals surface area contributed by atoms with E-state index in [1.165, 1.54) is 77.1 Å². The SMILES string of the molecule is c1ccc(-c2ccc(N(c3ccc(-c4ccccc4-c4ccc(-n5c6ccccc6c6c7ccccc7ccc65)cc4)cc3)c3cccc(-c4ccccc4)c3)cc2)cc1. The molecule has 0 saturated heterocycles. The maximum absolute atomic E-state index is 2.40. The van der Waals surface area contributed by atoms with Gasteiger partial charge >= 0.3 is 0 Å². The summed E-state index contributed by atoms with van der Waals surface area (Å²) in [5.41, 5.74) is 16.4. The predicted molar refractivity (Wildman–Crippen MR) is 255 cm³/mol. The molecule has 0 aliphatic carbocycles. The molecule has 10 aromatic carbocycles. The van der Waals surface area contributed by atoms with E-state index >= 15 is 0 Å². The Morgan fingerprint density at radius 2 is 0.783 bits per heavy atom. The van der Waals surface area contributed by atoms with Gasteiger partial charge in [-0.3, -0.25) is 0 Å². The number of para-hydroxylation sites is 1. The first-order chi connectivity index (χ1) is 29.8. The minimum absolute atomic E-state index is 1.09. The molecule has 0 atom stereocenters. The number of nitrogens with zero attached hydrogens (tertiary/aromatic N) is 2. The third-order valence-electron chi connectivity index (χ3n) is 11.8. The summed E-state index contributed by atoms with van der Waals surface area (Å²) in [5, 5.41) is 5.11. The number of hydrogen-bond donors (Lipinski definition) is 0. The quantitative estimate of drug-likeness (QED) is 0.150. The van der Waals surface area contributed by atoms with E-state index in [2.05, 4.69) is 252 Å². The Morgan fingerprint density at radius 3 is 1.45 bits per heavy atom. The number of hydrogen-bond acceptors (Lipinski definition) is 1. The summed E-state index contributed by atoms with van der Waals surface area (Å²) >= 11 is 0. The smallest absolute Gasteiger partial charge is 0.0547 e. The minimum Gasteiger partial charge on any atom is -0.310 e. The van der Waals surface area contributed by atoms with Gasteiger partial charge < -0.3 is 9.47 Å². The van der Waals surface area contributed by atoms with Crippen molar-refractivity contribution in [2.24, 2.45) is 0 Å². The van der Waals surface area contributed by atoms with Gasteiger partial charge in [0.05, 0.1) is 11.0 Å². The van der Waals surface area contributed by atoms with Crippen LogP contribution < -0.4 is 4.90 Å². The molecule has 0 bridgehead atoms. The largest absolute Gasteiger partial charge is 0.310 e. The normalized spacial score (nSPS) is 11.3. The summed E-state index contributed by atoms with van der Waals surface area (Å²) in [5.74, 6) is 0.